The maximum absolute atomic E-state index is 12.5. The molecule has 0 spiro atoms. The van der Waals surface area contributed by atoms with Gasteiger partial charge in [-0.1, -0.05) is 13.8 Å². The second-order valence-electron chi connectivity index (χ2n) is 4.87. The first-order chi connectivity index (χ1) is 9.90. The van der Waals surface area contributed by atoms with Gasteiger partial charge in [0.25, 0.3) is 10.0 Å². The minimum Gasteiger partial charge on any atom is -0.309 e. The van der Waals surface area contributed by atoms with Crippen LogP contribution in [0.2, 0.25) is 0 Å². The van der Waals surface area contributed by atoms with Crippen LogP contribution in [0, 0.1) is 6.92 Å². The van der Waals surface area contributed by atoms with Gasteiger partial charge >= 0.3 is 0 Å². The van der Waals surface area contributed by atoms with Crippen LogP contribution in [0.1, 0.15) is 25.2 Å². The van der Waals surface area contributed by atoms with Gasteiger partial charge in [0, 0.05) is 18.8 Å². The molecule has 3 N–H and O–H groups in total. The van der Waals surface area contributed by atoms with E-state index in [1.54, 1.807) is 13.0 Å². The fourth-order valence-electron chi connectivity index (χ4n) is 1.79. The highest BCUT2D eigenvalue weighted by molar-refractivity contribution is 7.92. The van der Waals surface area contributed by atoms with E-state index < -0.39 is 10.0 Å². The number of sulfonamides is 1. The lowest BCUT2D eigenvalue weighted by atomic mass is 10.3. The molecule has 2 aromatic heterocycles. The Morgan fingerprint density at radius 2 is 2.14 bits per heavy atom. The Morgan fingerprint density at radius 3 is 2.76 bits per heavy atom. The average Bonchev–Trinajstić information content (AvgIpc) is 2.79. The van der Waals surface area contributed by atoms with Crippen LogP contribution >= 0.6 is 0 Å². The molecule has 114 valence electrons. The number of rotatable bonds is 6. The third-order valence-corrected chi connectivity index (χ3v) is 4.28. The van der Waals surface area contributed by atoms with E-state index in [4.69, 9.17) is 0 Å². The summed E-state index contributed by atoms with van der Waals surface area (Å²) in [6.45, 7) is 5.98. The van der Waals surface area contributed by atoms with E-state index >= 15 is 0 Å². The lowest BCUT2D eigenvalue weighted by Crippen LogP contribution is -2.24. The summed E-state index contributed by atoms with van der Waals surface area (Å²) in [7, 11) is -3.77. The molecule has 0 atom stereocenters. The summed E-state index contributed by atoms with van der Waals surface area (Å²) in [6, 6.07) is 3.37. The Hall–Kier alpha value is -2.00. The number of nitrogens with one attached hydrogen (secondary N) is 3. The van der Waals surface area contributed by atoms with Crippen molar-refractivity contribution in [1.82, 2.24) is 25.7 Å². The van der Waals surface area contributed by atoms with Gasteiger partial charge in [-0.25, -0.2) is 8.42 Å². The van der Waals surface area contributed by atoms with Crippen LogP contribution in [-0.4, -0.2) is 34.9 Å². The molecule has 8 nitrogen and oxygen atoms in total. The van der Waals surface area contributed by atoms with Crippen LogP contribution < -0.4 is 10.0 Å². The van der Waals surface area contributed by atoms with Crippen molar-refractivity contribution in [2.45, 2.75) is 38.3 Å². The Bertz CT molecular complexity index is 696. The summed E-state index contributed by atoms with van der Waals surface area (Å²) in [5.74, 6) is 0.167. The molecule has 0 aliphatic rings. The van der Waals surface area contributed by atoms with Crippen molar-refractivity contribution < 1.29 is 8.42 Å². The van der Waals surface area contributed by atoms with E-state index in [9.17, 15) is 8.42 Å². The highest BCUT2D eigenvalue weighted by atomic mass is 32.2. The quantitative estimate of drug-likeness (QED) is 0.727. The van der Waals surface area contributed by atoms with E-state index in [1.807, 2.05) is 13.8 Å². The molecule has 2 aromatic rings. The molecule has 0 saturated carbocycles. The largest absolute Gasteiger partial charge is 0.309 e. The second kappa shape index (κ2) is 6.19. The Kier molecular flexibility index (Phi) is 4.53. The molecule has 2 heterocycles. The Labute approximate surface area is 123 Å². The summed E-state index contributed by atoms with van der Waals surface area (Å²) in [4.78, 5) is 0.140. The van der Waals surface area contributed by atoms with E-state index in [2.05, 4.69) is 30.4 Å². The standard InChI is InChI=1S/C12H18N6O2S/c1-8(2)13-7-10-12(9(3)15-16-10)21(19,20)18-11-5-4-6-14-17-11/h4-6,8,13H,7H2,1-3H3,(H,15,16)(H,17,18). The molecule has 0 amide bonds. The summed E-state index contributed by atoms with van der Waals surface area (Å²) >= 11 is 0. The Balaban J connectivity index is 2.29. The van der Waals surface area contributed by atoms with Gasteiger partial charge in [0.1, 0.15) is 4.90 Å². The van der Waals surface area contributed by atoms with Crippen LogP contribution in [-0.2, 0) is 16.6 Å². The number of nitrogens with zero attached hydrogens (tertiary/aromatic N) is 3. The topological polar surface area (TPSA) is 113 Å². The van der Waals surface area contributed by atoms with E-state index in [-0.39, 0.29) is 16.8 Å². The number of aromatic nitrogens is 4. The molecule has 9 heteroatoms. The zero-order chi connectivity index (χ0) is 15.5. The maximum Gasteiger partial charge on any atom is 0.266 e. The lowest BCUT2D eigenvalue weighted by molar-refractivity contribution is 0.570. The summed E-state index contributed by atoms with van der Waals surface area (Å²) in [5.41, 5.74) is 0.921. The predicted octanol–water partition coefficient (Wildman–Crippen LogP) is 0.807. The van der Waals surface area contributed by atoms with Crippen molar-refractivity contribution in [3.63, 3.8) is 0 Å². The normalized spacial score (nSPS) is 11.8. The third-order valence-electron chi connectivity index (χ3n) is 2.72. The molecule has 0 fully saturated rings. The molecular formula is C12H18N6O2S. The van der Waals surface area contributed by atoms with Crippen LogP contribution in [0.15, 0.2) is 23.2 Å². The summed E-state index contributed by atoms with van der Waals surface area (Å²) in [6.07, 6.45) is 1.47. The molecular weight excluding hydrogens is 292 g/mol. The SMILES string of the molecule is Cc1[nH]nc(CNC(C)C)c1S(=O)(=O)Nc1cccnn1. The van der Waals surface area contributed by atoms with Gasteiger partial charge < -0.3 is 5.32 Å². The number of aromatic amines is 1. The lowest BCUT2D eigenvalue weighted by Gasteiger charge is -2.10. The van der Waals surface area contributed by atoms with Crippen molar-refractivity contribution >= 4 is 15.8 Å². The van der Waals surface area contributed by atoms with Crippen molar-refractivity contribution in [2.24, 2.45) is 0 Å². The number of H-pyrrole nitrogens is 1. The molecule has 0 unspecified atom stereocenters. The smallest absolute Gasteiger partial charge is 0.266 e. The maximum atomic E-state index is 12.5. The van der Waals surface area contributed by atoms with E-state index in [0.717, 1.165) is 0 Å². The highest BCUT2D eigenvalue weighted by Gasteiger charge is 2.24. The van der Waals surface area contributed by atoms with Crippen LogP contribution in [0.4, 0.5) is 5.82 Å². The van der Waals surface area contributed by atoms with Gasteiger partial charge in [0.2, 0.25) is 0 Å². The van der Waals surface area contributed by atoms with Gasteiger partial charge in [0.05, 0.1) is 11.4 Å². The average molecular weight is 310 g/mol. The van der Waals surface area contributed by atoms with Gasteiger partial charge in [0.15, 0.2) is 5.82 Å². The number of aryl methyl sites for hydroxylation is 1. The fraction of sp³-hybridized carbons (Fsp3) is 0.417. The zero-order valence-electron chi connectivity index (χ0n) is 12.1. The van der Waals surface area contributed by atoms with Crippen LogP contribution in [0.5, 0.6) is 0 Å². The van der Waals surface area contributed by atoms with Crippen molar-refractivity contribution in [3.05, 3.63) is 29.7 Å². The van der Waals surface area contributed by atoms with Crippen LogP contribution in [0.25, 0.3) is 0 Å². The van der Waals surface area contributed by atoms with Gasteiger partial charge in [-0.3, -0.25) is 9.82 Å². The first-order valence-electron chi connectivity index (χ1n) is 6.48. The predicted molar refractivity (Wildman–Crippen MR) is 78.1 cm³/mol. The van der Waals surface area contributed by atoms with Crippen molar-refractivity contribution in [3.8, 4) is 0 Å². The molecule has 0 radical (unpaired) electrons. The fourth-order valence-corrected chi connectivity index (χ4v) is 3.15. The third kappa shape index (κ3) is 3.76. The minimum absolute atomic E-state index is 0.140. The van der Waals surface area contributed by atoms with Crippen molar-refractivity contribution in [1.29, 1.82) is 0 Å². The van der Waals surface area contributed by atoms with Gasteiger partial charge in [-0.15, -0.1) is 5.10 Å². The van der Waals surface area contributed by atoms with Crippen LogP contribution in [0.3, 0.4) is 0 Å². The molecule has 2 rings (SSSR count). The molecule has 0 aliphatic heterocycles. The van der Waals surface area contributed by atoms with E-state index in [1.165, 1.54) is 12.3 Å². The highest BCUT2D eigenvalue weighted by Crippen LogP contribution is 2.20. The number of anilines is 1. The molecule has 0 bridgehead atoms. The number of hydrogen-bond acceptors (Lipinski definition) is 6. The molecule has 0 aromatic carbocycles. The first kappa shape index (κ1) is 15.4. The summed E-state index contributed by atoms with van der Waals surface area (Å²) in [5, 5.41) is 17.3. The summed E-state index contributed by atoms with van der Waals surface area (Å²) < 4.78 is 27.4. The minimum atomic E-state index is -3.77. The Morgan fingerprint density at radius 1 is 1.38 bits per heavy atom. The van der Waals surface area contributed by atoms with Gasteiger partial charge in [-0.05, 0) is 19.1 Å². The molecule has 0 saturated heterocycles. The van der Waals surface area contributed by atoms with Gasteiger partial charge in [-0.2, -0.15) is 10.2 Å². The van der Waals surface area contributed by atoms with E-state index in [0.29, 0.717) is 17.9 Å². The first-order valence-corrected chi connectivity index (χ1v) is 7.96. The molecule has 21 heavy (non-hydrogen) atoms. The number of hydrogen-bond donors (Lipinski definition) is 3. The second-order valence-corrected chi connectivity index (χ2v) is 6.49. The zero-order valence-corrected chi connectivity index (χ0v) is 12.9. The monoisotopic (exact) mass is 310 g/mol. The van der Waals surface area contributed by atoms with Crippen molar-refractivity contribution in [2.75, 3.05) is 4.72 Å². The molecule has 0 aliphatic carbocycles.